The van der Waals surface area contributed by atoms with Crippen LogP contribution in [0.1, 0.15) is 18.3 Å². The molecular formula is C12H15F3N6. The number of nitrogens with one attached hydrogen (secondary N) is 1. The molecule has 2 rings (SSSR count). The molecule has 2 aromatic heterocycles. The minimum Gasteiger partial charge on any atom is -0.354 e. The van der Waals surface area contributed by atoms with E-state index in [2.05, 4.69) is 25.4 Å². The molecule has 0 bridgehead atoms. The Morgan fingerprint density at radius 3 is 2.57 bits per heavy atom. The average Bonchev–Trinajstić information content (AvgIpc) is 2.78. The lowest BCUT2D eigenvalue weighted by molar-refractivity contribution is -0.144. The van der Waals surface area contributed by atoms with E-state index in [1.165, 1.54) is 12.7 Å². The van der Waals surface area contributed by atoms with Gasteiger partial charge in [-0.25, -0.2) is 15.0 Å². The van der Waals surface area contributed by atoms with Gasteiger partial charge in [-0.05, 0) is 18.9 Å². The van der Waals surface area contributed by atoms with Gasteiger partial charge in [0.05, 0.1) is 5.69 Å². The smallest absolute Gasteiger partial charge is 0.354 e. The van der Waals surface area contributed by atoms with Crippen LogP contribution in [0.3, 0.4) is 0 Å². The van der Waals surface area contributed by atoms with Gasteiger partial charge in [-0.15, -0.1) is 0 Å². The third kappa shape index (κ3) is 4.14. The van der Waals surface area contributed by atoms with Gasteiger partial charge >= 0.3 is 6.18 Å². The first-order valence-electron chi connectivity index (χ1n) is 6.34. The molecule has 0 saturated heterocycles. The number of halogens is 3. The number of hydrogen-bond acceptors (Lipinski definition) is 5. The van der Waals surface area contributed by atoms with E-state index in [0.29, 0.717) is 18.2 Å². The minimum atomic E-state index is -4.40. The van der Waals surface area contributed by atoms with Crippen LogP contribution in [-0.2, 0) is 12.7 Å². The first kappa shape index (κ1) is 15.2. The molecule has 1 atom stereocenters. The molecule has 0 aromatic carbocycles. The molecule has 0 saturated carbocycles. The zero-order valence-corrected chi connectivity index (χ0v) is 11.6. The summed E-state index contributed by atoms with van der Waals surface area (Å²) in [6, 6.07) is 1.05. The lowest BCUT2D eigenvalue weighted by Gasteiger charge is -2.15. The summed E-state index contributed by atoms with van der Waals surface area (Å²) in [4.78, 5) is 11.4. The van der Waals surface area contributed by atoms with Crippen molar-refractivity contribution < 1.29 is 13.2 Å². The van der Waals surface area contributed by atoms with Crippen LogP contribution in [0.2, 0.25) is 0 Å². The fourth-order valence-corrected chi connectivity index (χ4v) is 1.87. The van der Waals surface area contributed by atoms with Gasteiger partial charge in [0.15, 0.2) is 0 Å². The summed E-state index contributed by atoms with van der Waals surface area (Å²) in [5.41, 5.74) is -0.382. The van der Waals surface area contributed by atoms with Gasteiger partial charge < -0.3 is 5.32 Å². The second kappa shape index (κ2) is 6.06. The van der Waals surface area contributed by atoms with Crippen LogP contribution in [0.25, 0.3) is 0 Å². The quantitative estimate of drug-likeness (QED) is 0.916. The van der Waals surface area contributed by atoms with Crippen LogP contribution in [0, 0.1) is 12.8 Å². The first-order chi connectivity index (χ1) is 9.86. The first-order valence-corrected chi connectivity index (χ1v) is 6.34. The Morgan fingerprint density at radius 1 is 1.29 bits per heavy atom. The van der Waals surface area contributed by atoms with E-state index < -0.39 is 11.9 Å². The number of hydrogen-bond donors (Lipinski definition) is 1. The molecule has 6 nitrogen and oxygen atoms in total. The van der Waals surface area contributed by atoms with Crippen LogP contribution in [0.5, 0.6) is 0 Å². The molecule has 114 valence electrons. The Balaban J connectivity index is 1.98. The van der Waals surface area contributed by atoms with Crippen molar-refractivity contribution in [2.24, 2.45) is 5.92 Å². The molecular weight excluding hydrogens is 285 g/mol. The highest BCUT2D eigenvalue weighted by Crippen LogP contribution is 2.30. The Kier molecular flexibility index (Phi) is 4.39. The van der Waals surface area contributed by atoms with Crippen molar-refractivity contribution >= 4 is 5.95 Å². The largest absolute Gasteiger partial charge is 0.433 e. The summed E-state index contributed by atoms with van der Waals surface area (Å²) in [5, 5.41) is 6.84. The molecule has 0 amide bonds. The van der Waals surface area contributed by atoms with Crippen LogP contribution in [-0.4, -0.2) is 31.3 Å². The zero-order chi connectivity index (χ0) is 15.5. The van der Waals surface area contributed by atoms with Crippen molar-refractivity contribution in [3.8, 4) is 0 Å². The SMILES string of the molecule is Cc1cc(C(F)(F)F)n(CC(C)CNc2ncncn2)n1. The van der Waals surface area contributed by atoms with E-state index in [0.717, 1.165) is 10.7 Å². The molecule has 0 aliphatic carbocycles. The molecule has 1 N–H and O–H groups in total. The van der Waals surface area contributed by atoms with E-state index in [4.69, 9.17) is 0 Å². The normalized spacial score (nSPS) is 13.2. The Hall–Kier alpha value is -2.19. The predicted octanol–water partition coefficient (Wildman–Crippen LogP) is 2.14. The van der Waals surface area contributed by atoms with Crippen molar-refractivity contribution in [2.75, 3.05) is 11.9 Å². The predicted molar refractivity (Wildman–Crippen MR) is 69.4 cm³/mol. The van der Waals surface area contributed by atoms with Gasteiger partial charge in [0.2, 0.25) is 5.95 Å². The van der Waals surface area contributed by atoms with Crippen molar-refractivity contribution in [1.29, 1.82) is 0 Å². The molecule has 21 heavy (non-hydrogen) atoms. The van der Waals surface area contributed by atoms with E-state index in [1.54, 1.807) is 6.92 Å². The van der Waals surface area contributed by atoms with Crippen molar-refractivity contribution in [1.82, 2.24) is 24.7 Å². The molecule has 9 heteroatoms. The topological polar surface area (TPSA) is 68.5 Å². The minimum absolute atomic E-state index is 0.0813. The van der Waals surface area contributed by atoms with Crippen LogP contribution < -0.4 is 5.32 Å². The van der Waals surface area contributed by atoms with Crippen molar-refractivity contribution in [3.63, 3.8) is 0 Å². The summed E-state index contributed by atoms with van der Waals surface area (Å²) >= 11 is 0. The highest BCUT2D eigenvalue weighted by Gasteiger charge is 2.35. The molecule has 2 heterocycles. The Bertz CT molecular complexity index is 580. The molecule has 0 aliphatic heterocycles. The van der Waals surface area contributed by atoms with E-state index in [-0.39, 0.29) is 12.5 Å². The molecule has 1 unspecified atom stereocenters. The standard InChI is InChI=1S/C12H15F3N6/c1-8(4-17-11-18-6-16-7-19-11)5-21-10(12(13,14)15)3-9(2)20-21/h3,6-8H,4-5H2,1-2H3,(H,16,17,18,19). The maximum Gasteiger partial charge on any atom is 0.433 e. The van der Waals surface area contributed by atoms with E-state index >= 15 is 0 Å². The summed E-state index contributed by atoms with van der Waals surface area (Å²) in [6.07, 6.45) is -1.71. The monoisotopic (exact) mass is 300 g/mol. The van der Waals surface area contributed by atoms with Crippen LogP contribution >= 0.6 is 0 Å². The van der Waals surface area contributed by atoms with Gasteiger partial charge in [0, 0.05) is 13.1 Å². The summed E-state index contributed by atoms with van der Waals surface area (Å²) in [5.74, 6) is 0.312. The summed E-state index contributed by atoms with van der Waals surface area (Å²) in [7, 11) is 0. The molecule has 0 radical (unpaired) electrons. The van der Waals surface area contributed by atoms with Gasteiger partial charge in [-0.3, -0.25) is 4.68 Å². The number of aromatic nitrogens is 5. The average molecular weight is 300 g/mol. The third-order valence-electron chi connectivity index (χ3n) is 2.78. The Labute approximate surface area is 119 Å². The number of anilines is 1. The van der Waals surface area contributed by atoms with Gasteiger partial charge in [0.1, 0.15) is 18.3 Å². The summed E-state index contributed by atoms with van der Waals surface area (Å²) in [6.45, 7) is 3.95. The lowest BCUT2D eigenvalue weighted by Crippen LogP contribution is -2.22. The highest BCUT2D eigenvalue weighted by atomic mass is 19.4. The molecule has 2 aromatic rings. The van der Waals surface area contributed by atoms with Crippen molar-refractivity contribution in [3.05, 3.63) is 30.1 Å². The van der Waals surface area contributed by atoms with Crippen molar-refractivity contribution in [2.45, 2.75) is 26.6 Å². The third-order valence-corrected chi connectivity index (χ3v) is 2.78. The maximum absolute atomic E-state index is 12.9. The molecule has 0 fully saturated rings. The molecule has 0 spiro atoms. The fourth-order valence-electron chi connectivity index (χ4n) is 1.87. The highest BCUT2D eigenvalue weighted by molar-refractivity contribution is 5.20. The molecule has 0 aliphatic rings. The van der Waals surface area contributed by atoms with Gasteiger partial charge in [0.25, 0.3) is 0 Å². The number of alkyl halides is 3. The Morgan fingerprint density at radius 2 is 1.95 bits per heavy atom. The van der Waals surface area contributed by atoms with Gasteiger partial charge in [-0.1, -0.05) is 6.92 Å². The van der Waals surface area contributed by atoms with Crippen LogP contribution in [0.4, 0.5) is 19.1 Å². The van der Waals surface area contributed by atoms with E-state index in [1.807, 2.05) is 6.92 Å². The fraction of sp³-hybridized carbons (Fsp3) is 0.500. The number of nitrogens with zero attached hydrogens (tertiary/aromatic N) is 5. The maximum atomic E-state index is 12.9. The van der Waals surface area contributed by atoms with E-state index in [9.17, 15) is 13.2 Å². The summed E-state index contributed by atoms with van der Waals surface area (Å²) < 4.78 is 39.6. The number of rotatable bonds is 5. The van der Waals surface area contributed by atoms with Gasteiger partial charge in [-0.2, -0.15) is 18.3 Å². The lowest BCUT2D eigenvalue weighted by atomic mass is 10.2. The second-order valence-corrected chi connectivity index (χ2v) is 4.80. The van der Waals surface area contributed by atoms with Crippen LogP contribution in [0.15, 0.2) is 18.7 Å². The zero-order valence-electron chi connectivity index (χ0n) is 11.6. The number of aryl methyl sites for hydroxylation is 1. The second-order valence-electron chi connectivity index (χ2n) is 4.80.